The topological polar surface area (TPSA) is 96.5 Å². The number of rotatable bonds is 7. The maximum absolute atomic E-state index is 13.4. The monoisotopic (exact) mass is 592 g/mol. The van der Waals surface area contributed by atoms with E-state index in [1.807, 2.05) is 86.3 Å². The quantitative estimate of drug-likeness (QED) is 0.233. The van der Waals surface area contributed by atoms with Crippen molar-refractivity contribution in [3.05, 3.63) is 83.9 Å². The molecule has 3 aromatic carbocycles. The highest BCUT2D eigenvalue weighted by Crippen LogP contribution is 2.41. The van der Waals surface area contributed by atoms with Crippen molar-refractivity contribution in [2.75, 3.05) is 0 Å². The highest BCUT2D eigenvalue weighted by molar-refractivity contribution is 6.01. The Labute approximate surface area is 258 Å². The molecule has 3 aliphatic rings. The first kappa shape index (κ1) is 28.4. The number of aromatic amines is 1. The van der Waals surface area contributed by atoms with Crippen LogP contribution in [0, 0.1) is 5.92 Å². The van der Waals surface area contributed by atoms with Crippen molar-refractivity contribution in [3.8, 4) is 17.0 Å². The summed E-state index contributed by atoms with van der Waals surface area (Å²) in [4.78, 5) is 28.1. The third-order valence-corrected chi connectivity index (χ3v) is 9.09. The number of H-pyrrole nitrogens is 1. The SMILES string of the molecule is CC(C)(C)OC(=O)N1C2CCC1CC(Oc1ccc(-c3n[nH]c4ccc(C(=O)N[C@H](c5ccccc5)C5CC5)cc34)cc1)C2. The molecular weight excluding hydrogens is 552 g/mol. The summed E-state index contributed by atoms with van der Waals surface area (Å²) in [6, 6.07) is 24.3. The molecule has 2 saturated heterocycles. The van der Waals surface area contributed by atoms with E-state index in [0.29, 0.717) is 11.5 Å². The van der Waals surface area contributed by atoms with Gasteiger partial charge in [-0.15, -0.1) is 0 Å². The van der Waals surface area contributed by atoms with Crippen LogP contribution in [0.5, 0.6) is 5.75 Å². The Morgan fingerprint density at radius 3 is 2.30 bits per heavy atom. The Balaban J connectivity index is 1.03. The molecule has 1 saturated carbocycles. The molecule has 4 aromatic rings. The van der Waals surface area contributed by atoms with Crippen LogP contribution in [0.1, 0.15) is 81.3 Å². The lowest BCUT2D eigenvalue weighted by Crippen LogP contribution is -2.50. The summed E-state index contributed by atoms with van der Waals surface area (Å²) in [6.45, 7) is 5.72. The number of hydrogen-bond donors (Lipinski definition) is 2. The van der Waals surface area contributed by atoms with Crippen LogP contribution in [0.25, 0.3) is 22.2 Å². The first-order valence-electron chi connectivity index (χ1n) is 15.8. The number of fused-ring (bicyclic) bond motifs is 3. The fourth-order valence-electron chi connectivity index (χ4n) is 6.88. The Bertz CT molecular complexity index is 1640. The van der Waals surface area contributed by atoms with E-state index >= 15 is 0 Å². The standard InChI is InChI=1S/C36H40N4O4/c1-36(2,3)44-35(42)40-26-14-15-27(40)21-29(20-26)43-28-16-11-24(12-17-28)33-30-19-25(13-18-31(30)38-39-33)34(41)37-32(23-9-10-23)22-7-5-4-6-8-22/h4-8,11-13,16-19,23,26-27,29,32H,9-10,14-15,20-21H2,1-3H3,(H,37,41)(H,38,39)/t26?,27?,29?,32-/m1/s1. The number of ether oxygens (including phenoxy) is 2. The average Bonchev–Trinajstić information content (AvgIpc) is 3.69. The van der Waals surface area contributed by atoms with Crippen molar-refractivity contribution in [1.29, 1.82) is 0 Å². The van der Waals surface area contributed by atoms with Crippen LogP contribution < -0.4 is 10.1 Å². The van der Waals surface area contributed by atoms with Crippen LogP contribution in [-0.2, 0) is 4.74 Å². The van der Waals surface area contributed by atoms with E-state index in [9.17, 15) is 9.59 Å². The van der Waals surface area contributed by atoms with E-state index in [2.05, 4.69) is 27.6 Å². The number of nitrogens with one attached hydrogen (secondary N) is 2. The van der Waals surface area contributed by atoms with Gasteiger partial charge in [0.1, 0.15) is 17.5 Å². The number of nitrogens with zero attached hydrogens (tertiary/aromatic N) is 2. The summed E-state index contributed by atoms with van der Waals surface area (Å²) >= 11 is 0. The number of amides is 2. The lowest BCUT2D eigenvalue weighted by Gasteiger charge is -2.39. The highest BCUT2D eigenvalue weighted by Gasteiger charge is 2.45. The van der Waals surface area contributed by atoms with Gasteiger partial charge in [0, 0.05) is 41.4 Å². The van der Waals surface area contributed by atoms with E-state index in [1.54, 1.807) is 0 Å². The molecule has 8 heteroatoms. The largest absolute Gasteiger partial charge is 0.490 e. The highest BCUT2D eigenvalue weighted by atomic mass is 16.6. The van der Waals surface area contributed by atoms with Crippen LogP contribution >= 0.6 is 0 Å². The zero-order valence-corrected chi connectivity index (χ0v) is 25.6. The second-order valence-corrected chi connectivity index (χ2v) is 13.5. The Hall–Kier alpha value is -4.33. The second-order valence-electron chi connectivity index (χ2n) is 13.5. The van der Waals surface area contributed by atoms with Crippen molar-refractivity contribution in [2.45, 2.75) is 89.1 Å². The van der Waals surface area contributed by atoms with Gasteiger partial charge in [-0.25, -0.2) is 4.79 Å². The molecule has 1 aliphatic carbocycles. The molecule has 3 heterocycles. The number of carbonyl (C=O) groups excluding carboxylic acids is 2. The molecule has 3 fully saturated rings. The molecule has 3 atom stereocenters. The zero-order chi connectivity index (χ0) is 30.4. The van der Waals surface area contributed by atoms with Crippen LogP contribution in [0.2, 0.25) is 0 Å². The Morgan fingerprint density at radius 2 is 1.64 bits per heavy atom. The molecule has 7 rings (SSSR count). The van der Waals surface area contributed by atoms with Crippen LogP contribution in [-0.4, -0.2) is 50.9 Å². The zero-order valence-electron chi connectivity index (χ0n) is 25.6. The molecule has 2 unspecified atom stereocenters. The maximum atomic E-state index is 13.4. The summed E-state index contributed by atoms with van der Waals surface area (Å²) in [6.07, 6.45) is 5.70. The van der Waals surface area contributed by atoms with E-state index in [1.165, 1.54) is 0 Å². The van der Waals surface area contributed by atoms with Crippen molar-refractivity contribution in [3.63, 3.8) is 0 Å². The van der Waals surface area contributed by atoms with E-state index < -0.39 is 5.60 Å². The molecule has 0 spiro atoms. The summed E-state index contributed by atoms with van der Waals surface area (Å²) in [7, 11) is 0. The summed E-state index contributed by atoms with van der Waals surface area (Å²) in [5.41, 5.74) is 3.89. The first-order chi connectivity index (χ1) is 21.2. The van der Waals surface area contributed by atoms with Crippen LogP contribution in [0.3, 0.4) is 0 Å². The van der Waals surface area contributed by atoms with Gasteiger partial charge in [0.15, 0.2) is 0 Å². The third kappa shape index (κ3) is 5.90. The first-order valence-corrected chi connectivity index (χ1v) is 15.8. The smallest absolute Gasteiger partial charge is 0.410 e. The minimum atomic E-state index is -0.499. The van der Waals surface area contributed by atoms with Gasteiger partial charge in [-0.3, -0.25) is 9.89 Å². The van der Waals surface area contributed by atoms with Gasteiger partial charge in [0.05, 0.1) is 17.3 Å². The van der Waals surface area contributed by atoms with Gasteiger partial charge in [0.25, 0.3) is 5.91 Å². The number of benzene rings is 3. The average molecular weight is 593 g/mol. The lowest BCUT2D eigenvalue weighted by atomic mass is 10.00. The van der Waals surface area contributed by atoms with E-state index in [0.717, 1.165) is 72.0 Å². The van der Waals surface area contributed by atoms with Gasteiger partial charge < -0.3 is 19.7 Å². The number of hydrogen-bond acceptors (Lipinski definition) is 5. The van der Waals surface area contributed by atoms with Crippen molar-refractivity contribution in [2.24, 2.45) is 5.92 Å². The summed E-state index contributed by atoms with van der Waals surface area (Å²) in [5, 5.41) is 11.9. The van der Waals surface area contributed by atoms with E-state index in [-0.39, 0.29) is 36.2 Å². The normalized spacial score (nSPS) is 22.1. The van der Waals surface area contributed by atoms with Crippen molar-refractivity contribution >= 4 is 22.9 Å². The summed E-state index contributed by atoms with van der Waals surface area (Å²) < 4.78 is 12.1. The van der Waals surface area contributed by atoms with Gasteiger partial charge in [-0.2, -0.15) is 5.10 Å². The number of carbonyl (C=O) groups is 2. The third-order valence-electron chi connectivity index (χ3n) is 9.09. The Morgan fingerprint density at radius 1 is 0.932 bits per heavy atom. The number of piperidine rings is 1. The molecular formula is C36H40N4O4. The molecule has 228 valence electrons. The predicted octanol–water partition coefficient (Wildman–Crippen LogP) is 7.42. The fraction of sp³-hybridized carbons (Fsp3) is 0.417. The number of aromatic nitrogens is 2. The molecule has 2 aliphatic heterocycles. The van der Waals surface area contributed by atoms with Gasteiger partial charge in [-0.1, -0.05) is 30.3 Å². The predicted molar refractivity (Wildman–Crippen MR) is 169 cm³/mol. The molecule has 2 amide bonds. The molecule has 44 heavy (non-hydrogen) atoms. The molecule has 2 bridgehead atoms. The minimum absolute atomic E-state index is 0.0236. The van der Waals surface area contributed by atoms with Gasteiger partial charge in [0.2, 0.25) is 0 Å². The molecule has 0 radical (unpaired) electrons. The molecule has 8 nitrogen and oxygen atoms in total. The minimum Gasteiger partial charge on any atom is -0.490 e. The molecule has 2 N–H and O–H groups in total. The Kier molecular flexibility index (Phi) is 7.31. The molecule has 1 aromatic heterocycles. The lowest BCUT2D eigenvalue weighted by molar-refractivity contribution is -0.00708. The van der Waals surface area contributed by atoms with E-state index in [4.69, 9.17) is 9.47 Å². The fourth-order valence-corrected chi connectivity index (χ4v) is 6.88. The van der Waals surface area contributed by atoms with Gasteiger partial charge >= 0.3 is 6.09 Å². The summed E-state index contributed by atoms with van der Waals surface area (Å²) in [5.74, 6) is 1.22. The maximum Gasteiger partial charge on any atom is 0.410 e. The van der Waals surface area contributed by atoms with Crippen LogP contribution in [0.4, 0.5) is 4.79 Å². The van der Waals surface area contributed by atoms with Crippen LogP contribution in [0.15, 0.2) is 72.8 Å². The van der Waals surface area contributed by atoms with Crippen molar-refractivity contribution < 1.29 is 19.1 Å². The second kappa shape index (κ2) is 11.3. The van der Waals surface area contributed by atoms with Crippen molar-refractivity contribution in [1.82, 2.24) is 20.4 Å². The van der Waals surface area contributed by atoms with Gasteiger partial charge in [-0.05, 0) is 100 Å².